The maximum Gasteiger partial charge on any atom is 0.234 e. The number of nitrogens with one attached hydrogen (secondary N) is 1. The Kier molecular flexibility index (Phi) is 7.14. The van der Waals surface area contributed by atoms with E-state index in [2.05, 4.69) is 22.3 Å². The Hall–Kier alpha value is -2.93. The number of hydrogen-bond acceptors (Lipinski definition) is 6. The topological polar surface area (TPSA) is 69.3 Å². The van der Waals surface area contributed by atoms with Crippen LogP contribution < -0.4 is 24.3 Å². The lowest BCUT2D eigenvalue weighted by Crippen LogP contribution is -2.38. The lowest BCUT2D eigenvalue weighted by molar-refractivity contribution is -0.122. The minimum atomic E-state index is 0.0136. The van der Waals surface area contributed by atoms with Gasteiger partial charge >= 0.3 is 0 Å². The highest BCUT2D eigenvalue weighted by Crippen LogP contribution is 2.37. The van der Waals surface area contributed by atoms with E-state index >= 15 is 0 Å². The number of nitrogens with zero attached hydrogens (tertiary/aromatic N) is 1. The molecule has 1 fully saturated rings. The molecule has 0 aliphatic carbocycles. The zero-order valence-electron chi connectivity index (χ0n) is 18.0. The molecule has 1 saturated heterocycles. The van der Waals surface area contributed by atoms with Crippen molar-refractivity contribution in [2.24, 2.45) is 0 Å². The zero-order chi connectivity index (χ0) is 21.5. The first-order valence-corrected chi connectivity index (χ1v) is 11.0. The van der Waals surface area contributed by atoms with Gasteiger partial charge in [-0.05, 0) is 68.3 Å². The van der Waals surface area contributed by atoms with E-state index in [1.165, 1.54) is 5.56 Å². The molecular formula is C24H30N2O5. The molecule has 0 aromatic heterocycles. The van der Waals surface area contributed by atoms with E-state index in [1.54, 1.807) is 0 Å². The minimum absolute atomic E-state index is 0.0136. The number of likely N-dealkylation sites (tertiary alicyclic amines) is 1. The number of carbonyl (C=O) groups excluding carboxylic acids is 1. The Bertz CT molecular complexity index is 871. The van der Waals surface area contributed by atoms with Crippen molar-refractivity contribution in [2.45, 2.75) is 25.8 Å². The smallest absolute Gasteiger partial charge is 0.234 e. The summed E-state index contributed by atoms with van der Waals surface area (Å²) in [5, 5.41) is 2.96. The summed E-state index contributed by atoms with van der Waals surface area (Å²) in [6.07, 6.45) is 2.11. The largest absolute Gasteiger partial charge is 0.494 e. The molecule has 31 heavy (non-hydrogen) atoms. The molecule has 2 aromatic rings. The SMILES string of the molecule is CCOc1ccc(OCCNC(=O)CN2CCCC2c2ccc3c(c2)OCCO3)cc1. The van der Waals surface area contributed by atoms with E-state index in [9.17, 15) is 4.79 Å². The van der Waals surface area contributed by atoms with Crippen molar-refractivity contribution in [3.8, 4) is 23.0 Å². The fourth-order valence-electron chi connectivity index (χ4n) is 4.06. The third-order valence-electron chi connectivity index (χ3n) is 5.49. The van der Waals surface area contributed by atoms with Gasteiger partial charge in [0.05, 0.1) is 19.7 Å². The molecule has 2 aromatic carbocycles. The molecule has 4 rings (SSSR count). The van der Waals surface area contributed by atoms with Gasteiger partial charge in [-0.2, -0.15) is 0 Å². The molecular weight excluding hydrogens is 396 g/mol. The van der Waals surface area contributed by atoms with E-state index in [-0.39, 0.29) is 11.9 Å². The van der Waals surface area contributed by atoms with Gasteiger partial charge in [-0.25, -0.2) is 0 Å². The average Bonchev–Trinajstić information content (AvgIpc) is 3.25. The van der Waals surface area contributed by atoms with Crippen LogP contribution in [0.4, 0.5) is 0 Å². The quantitative estimate of drug-likeness (QED) is 0.621. The second-order valence-corrected chi connectivity index (χ2v) is 7.63. The molecule has 7 nitrogen and oxygen atoms in total. The van der Waals surface area contributed by atoms with Gasteiger partial charge in [-0.3, -0.25) is 9.69 Å². The van der Waals surface area contributed by atoms with E-state index in [4.69, 9.17) is 18.9 Å². The van der Waals surface area contributed by atoms with Crippen molar-refractivity contribution in [2.75, 3.05) is 46.1 Å². The molecule has 0 bridgehead atoms. The van der Waals surface area contributed by atoms with Crippen molar-refractivity contribution in [1.29, 1.82) is 0 Å². The van der Waals surface area contributed by atoms with Gasteiger partial charge in [0, 0.05) is 6.04 Å². The minimum Gasteiger partial charge on any atom is -0.494 e. The first-order valence-electron chi connectivity index (χ1n) is 11.0. The molecule has 1 amide bonds. The monoisotopic (exact) mass is 426 g/mol. The van der Waals surface area contributed by atoms with Crippen LogP contribution in [0.25, 0.3) is 0 Å². The second kappa shape index (κ2) is 10.4. The van der Waals surface area contributed by atoms with Gasteiger partial charge in [-0.1, -0.05) is 6.07 Å². The van der Waals surface area contributed by atoms with E-state index in [0.717, 1.165) is 42.4 Å². The van der Waals surface area contributed by atoms with Crippen LogP contribution in [0.15, 0.2) is 42.5 Å². The van der Waals surface area contributed by atoms with Crippen LogP contribution in [-0.2, 0) is 4.79 Å². The summed E-state index contributed by atoms with van der Waals surface area (Å²) in [5.74, 6) is 3.19. The van der Waals surface area contributed by atoms with E-state index in [1.807, 2.05) is 37.3 Å². The lowest BCUT2D eigenvalue weighted by atomic mass is 10.0. The highest BCUT2D eigenvalue weighted by molar-refractivity contribution is 5.78. The second-order valence-electron chi connectivity index (χ2n) is 7.63. The van der Waals surface area contributed by atoms with Crippen molar-refractivity contribution in [3.05, 3.63) is 48.0 Å². The Morgan fingerprint density at radius 2 is 1.81 bits per heavy atom. The van der Waals surface area contributed by atoms with Crippen molar-refractivity contribution in [1.82, 2.24) is 10.2 Å². The molecule has 2 heterocycles. The van der Waals surface area contributed by atoms with Gasteiger partial charge in [-0.15, -0.1) is 0 Å². The number of carbonyl (C=O) groups is 1. The van der Waals surface area contributed by atoms with E-state index in [0.29, 0.717) is 39.5 Å². The fourth-order valence-corrected chi connectivity index (χ4v) is 4.06. The normalized spacial score (nSPS) is 17.9. The van der Waals surface area contributed by atoms with Crippen molar-refractivity contribution < 1.29 is 23.7 Å². The van der Waals surface area contributed by atoms with Gasteiger partial charge in [0.1, 0.15) is 31.3 Å². The number of hydrogen-bond donors (Lipinski definition) is 1. The summed E-state index contributed by atoms with van der Waals surface area (Å²) in [4.78, 5) is 14.7. The summed E-state index contributed by atoms with van der Waals surface area (Å²) in [5.41, 5.74) is 1.17. The van der Waals surface area contributed by atoms with Crippen LogP contribution in [0.2, 0.25) is 0 Å². The Morgan fingerprint density at radius 1 is 1.06 bits per heavy atom. The maximum absolute atomic E-state index is 12.5. The number of benzene rings is 2. The van der Waals surface area contributed by atoms with Gasteiger partial charge in [0.2, 0.25) is 5.91 Å². The molecule has 1 unspecified atom stereocenters. The molecule has 2 aliphatic heterocycles. The molecule has 2 aliphatic rings. The molecule has 0 saturated carbocycles. The van der Waals surface area contributed by atoms with Crippen LogP contribution in [0.1, 0.15) is 31.4 Å². The van der Waals surface area contributed by atoms with Crippen LogP contribution in [0.5, 0.6) is 23.0 Å². The molecule has 166 valence electrons. The average molecular weight is 427 g/mol. The van der Waals surface area contributed by atoms with Gasteiger partial charge in [0.15, 0.2) is 11.5 Å². The highest BCUT2D eigenvalue weighted by Gasteiger charge is 2.28. The van der Waals surface area contributed by atoms with E-state index < -0.39 is 0 Å². The summed E-state index contributed by atoms with van der Waals surface area (Å²) in [6.45, 7) is 5.93. The van der Waals surface area contributed by atoms with Crippen LogP contribution >= 0.6 is 0 Å². The van der Waals surface area contributed by atoms with Gasteiger partial charge in [0.25, 0.3) is 0 Å². The Balaban J connectivity index is 1.22. The number of rotatable bonds is 9. The molecule has 1 N–H and O–H groups in total. The summed E-state index contributed by atoms with van der Waals surface area (Å²) in [7, 11) is 0. The van der Waals surface area contributed by atoms with Crippen molar-refractivity contribution in [3.63, 3.8) is 0 Å². The van der Waals surface area contributed by atoms with Crippen LogP contribution in [0, 0.1) is 0 Å². The molecule has 7 heteroatoms. The summed E-state index contributed by atoms with van der Waals surface area (Å²) >= 11 is 0. The third-order valence-corrected chi connectivity index (χ3v) is 5.49. The molecule has 1 atom stereocenters. The van der Waals surface area contributed by atoms with Crippen LogP contribution in [-0.4, -0.2) is 56.9 Å². The molecule has 0 spiro atoms. The predicted octanol–water partition coefficient (Wildman–Crippen LogP) is 3.19. The number of amides is 1. The summed E-state index contributed by atoms with van der Waals surface area (Å²) < 4.78 is 22.4. The lowest BCUT2D eigenvalue weighted by Gasteiger charge is -2.26. The summed E-state index contributed by atoms with van der Waals surface area (Å²) in [6, 6.07) is 13.8. The Morgan fingerprint density at radius 3 is 2.58 bits per heavy atom. The van der Waals surface area contributed by atoms with Crippen molar-refractivity contribution >= 4 is 5.91 Å². The maximum atomic E-state index is 12.5. The third kappa shape index (κ3) is 5.61. The number of ether oxygens (including phenoxy) is 4. The first kappa shape index (κ1) is 21.3. The standard InChI is InChI=1S/C24H30N2O5/c1-2-28-19-6-8-20(9-7-19)29-13-11-25-24(27)17-26-12-3-4-21(26)18-5-10-22-23(16-18)31-15-14-30-22/h5-10,16,21H,2-4,11-15,17H2,1H3,(H,25,27). The predicted molar refractivity (Wildman–Crippen MR) is 117 cm³/mol. The zero-order valence-corrected chi connectivity index (χ0v) is 18.0. The number of fused-ring (bicyclic) bond motifs is 1. The first-order chi connectivity index (χ1) is 15.2. The Labute approximate surface area is 183 Å². The fraction of sp³-hybridized carbons (Fsp3) is 0.458. The van der Waals surface area contributed by atoms with Crippen LogP contribution in [0.3, 0.4) is 0 Å². The highest BCUT2D eigenvalue weighted by atomic mass is 16.6. The molecule has 0 radical (unpaired) electrons. The van der Waals surface area contributed by atoms with Gasteiger partial charge < -0.3 is 24.3 Å².